The van der Waals surface area contributed by atoms with E-state index in [0.29, 0.717) is 5.76 Å². The summed E-state index contributed by atoms with van der Waals surface area (Å²) >= 11 is 0. The Bertz CT molecular complexity index is 317. The zero-order valence-electron chi connectivity index (χ0n) is 6.03. The molecule has 2 rings (SSSR count). The molecule has 0 aromatic carbocycles. The number of imide groups is 1. The number of hydrogen-bond acceptors (Lipinski definition) is 3. The van der Waals surface area contributed by atoms with Gasteiger partial charge in [0.15, 0.2) is 6.04 Å². The maximum Gasteiger partial charge on any atom is 0.322 e. The second-order valence-electron chi connectivity index (χ2n) is 2.41. The summed E-state index contributed by atoms with van der Waals surface area (Å²) in [4.78, 5) is 21.7. The van der Waals surface area contributed by atoms with Crippen LogP contribution in [0.4, 0.5) is 4.79 Å². The first-order valence-electron chi connectivity index (χ1n) is 3.42. The number of furan rings is 1. The fourth-order valence-electron chi connectivity index (χ4n) is 1.07. The van der Waals surface area contributed by atoms with Crippen LogP contribution in [0.3, 0.4) is 0 Å². The molecule has 0 saturated carbocycles. The highest BCUT2D eigenvalue weighted by atomic mass is 16.3. The second kappa shape index (κ2) is 2.37. The van der Waals surface area contributed by atoms with Crippen LogP contribution in [0.1, 0.15) is 11.8 Å². The molecular weight excluding hydrogens is 160 g/mol. The summed E-state index contributed by atoms with van der Waals surface area (Å²) in [5.41, 5.74) is 0. The van der Waals surface area contributed by atoms with Crippen LogP contribution in [0.5, 0.6) is 0 Å². The van der Waals surface area contributed by atoms with Crippen molar-refractivity contribution in [1.29, 1.82) is 0 Å². The highest BCUT2D eigenvalue weighted by Gasteiger charge is 2.32. The first-order chi connectivity index (χ1) is 5.77. The van der Waals surface area contributed by atoms with E-state index >= 15 is 0 Å². The Kier molecular flexibility index (Phi) is 1.36. The summed E-state index contributed by atoms with van der Waals surface area (Å²) in [6, 6.07) is 2.14. The molecule has 5 heteroatoms. The van der Waals surface area contributed by atoms with Crippen molar-refractivity contribution in [2.24, 2.45) is 0 Å². The van der Waals surface area contributed by atoms with Gasteiger partial charge in [0.05, 0.1) is 6.26 Å². The third-order valence-electron chi connectivity index (χ3n) is 1.60. The monoisotopic (exact) mass is 166 g/mol. The molecule has 1 saturated heterocycles. The number of rotatable bonds is 1. The molecule has 0 radical (unpaired) electrons. The van der Waals surface area contributed by atoms with E-state index in [9.17, 15) is 9.59 Å². The molecule has 12 heavy (non-hydrogen) atoms. The minimum atomic E-state index is -0.674. The molecule has 1 aromatic rings. The van der Waals surface area contributed by atoms with E-state index in [2.05, 4.69) is 10.6 Å². The van der Waals surface area contributed by atoms with Crippen LogP contribution < -0.4 is 10.6 Å². The van der Waals surface area contributed by atoms with E-state index < -0.39 is 12.1 Å². The van der Waals surface area contributed by atoms with E-state index in [1.807, 2.05) is 0 Å². The number of carbonyl (C=O) groups excluding carboxylic acids is 2. The van der Waals surface area contributed by atoms with Crippen molar-refractivity contribution in [3.8, 4) is 0 Å². The summed E-state index contributed by atoms with van der Waals surface area (Å²) in [6.07, 6.45) is 1.45. The molecular formula is C7H6N2O3. The standard InChI is InChI=1S/C7H6N2O3/c10-6-5(8-7(11)9-6)4-2-1-3-12-4/h1-3,5H,(H2,8,9,10,11)/t5-/m0/s1. The normalized spacial score (nSPS) is 22.2. The lowest BCUT2D eigenvalue weighted by Crippen LogP contribution is -2.22. The SMILES string of the molecule is O=C1NC(=O)[C@H](c2ccco2)N1. The molecule has 2 N–H and O–H groups in total. The van der Waals surface area contributed by atoms with Crippen LogP contribution in [0.2, 0.25) is 0 Å². The highest BCUT2D eigenvalue weighted by Crippen LogP contribution is 2.15. The number of hydrogen-bond donors (Lipinski definition) is 2. The Morgan fingerprint density at radius 3 is 2.75 bits per heavy atom. The molecule has 1 fully saturated rings. The molecule has 0 unspecified atom stereocenters. The first kappa shape index (κ1) is 6.90. The Balaban J connectivity index is 2.26. The molecule has 2 heterocycles. The second-order valence-corrected chi connectivity index (χ2v) is 2.41. The van der Waals surface area contributed by atoms with Crippen molar-refractivity contribution in [2.75, 3.05) is 0 Å². The van der Waals surface area contributed by atoms with Gasteiger partial charge in [0.1, 0.15) is 5.76 Å². The van der Waals surface area contributed by atoms with Crippen LogP contribution in [0.25, 0.3) is 0 Å². The van der Waals surface area contributed by atoms with Crippen molar-refractivity contribution < 1.29 is 14.0 Å². The number of nitrogens with one attached hydrogen (secondary N) is 2. The average molecular weight is 166 g/mol. The lowest BCUT2D eigenvalue weighted by molar-refractivity contribution is -0.120. The summed E-state index contributed by atoms with van der Waals surface area (Å²) in [6.45, 7) is 0. The summed E-state index contributed by atoms with van der Waals surface area (Å²) in [5, 5.41) is 4.52. The molecule has 1 atom stereocenters. The van der Waals surface area contributed by atoms with Gasteiger partial charge in [-0.05, 0) is 12.1 Å². The minimum absolute atomic E-state index is 0.380. The third-order valence-corrected chi connectivity index (χ3v) is 1.60. The Morgan fingerprint density at radius 1 is 1.42 bits per heavy atom. The van der Waals surface area contributed by atoms with Gasteiger partial charge in [-0.15, -0.1) is 0 Å². The van der Waals surface area contributed by atoms with E-state index in [0.717, 1.165) is 0 Å². The highest BCUT2D eigenvalue weighted by molar-refractivity contribution is 6.04. The van der Waals surface area contributed by atoms with Gasteiger partial charge in [0, 0.05) is 0 Å². The van der Waals surface area contributed by atoms with Gasteiger partial charge in [-0.25, -0.2) is 4.79 Å². The van der Waals surface area contributed by atoms with Crippen molar-refractivity contribution in [3.63, 3.8) is 0 Å². The molecule has 0 spiro atoms. The minimum Gasteiger partial charge on any atom is -0.467 e. The van der Waals surface area contributed by atoms with Gasteiger partial charge < -0.3 is 9.73 Å². The van der Waals surface area contributed by atoms with E-state index in [-0.39, 0.29) is 5.91 Å². The predicted octanol–water partition coefficient (Wildman–Crippen LogP) is 0.160. The molecule has 1 aliphatic rings. The number of carbonyl (C=O) groups is 2. The Labute approximate surface area is 67.7 Å². The maximum atomic E-state index is 11.0. The van der Waals surface area contributed by atoms with Gasteiger partial charge in [-0.1, -0.05) is 0 Å². The van der Waals surface area contributed by atoms with Crippen molar-refractivity contribution in [3.05, 3.63) is 24.2 Å². The zero-order chi connectivity index (χ0) is 8.55. The summed E-state index contributed by atoms with van der Waals surface area (Å²) in [5.74, 6) is 0.0632. The smallest absolute Gasteiger partial charge is 0.322 e. The van der Waals surface area contributed by atoms with Crippen LogP contribution in [-0.4, -0.2) is 11.9 Å². The fraction of sp³-hybridized carbons (Fsp3) is 0.143. The molecule has 1 aromatic heterocycles. The van der Waals surface area contributed by atoms with Crippen molar-refractivity contribution >= 4 is 11.9 Å². The van der Waals surface area contributed by atoms with E-state index in [4.69, 9.17) is 4.42 Å². The topological polar surface area (TPSA) is 71.3 Å². The van der Waals surface area contributed by atoms with Crippen LogP contribution in [0, 0.1) is 0 Å². The first-order valence-corrected chi connectivity index (χ1v) is 3.42. The van der Waals surface area contributed by atoms with Gasteiger partial charge in [0.25, 0.3) is 5.91 Å². The zero-order valence-corrected chi connectivity index (χ0v) is 6.03. The van der Waals surface area contributed by atoms with Crippen molar-refractivity contribution in [1.82, 2.24) is 10.6 Å². The molecule has 0 aliphatic carbocycles. The van der Waals surface area contributed by atoms with Gasteiger partial charge in [0.2, 0.25) is 0 Å². The maximum absolute atomic E-state index is 11.0. The molecule has 1 aliphatic heterocycles. The predicted molar refractivity (Wildman–Crippen MR) is 38.1 cm³/mol. The molecule has 3 amide bonds. The summed E-state index contributed by atoms with van der Waals surface area (Å²) in [7, 11) is 0. The van der Waals surface area contributed by atoms with Gasteiger partial charge in [-0.2, -0.15) is 0 Å². The van der Waals surface area contributed by atoms with E-state index in [1.54, 1.807) is 12.1 Å². The largest absolute Gasteiger partial charge is 0.467 e. The lowest BCUT2D eigenvalue weighted by atomic mass is 10.2. The molecule has 0 bridgehead atoms. The van der Waals surface area contributed by atoms with Gasteiger partial charge in [-0.3, -0.25) is 10.1 Å². The average Bonchev–Trinajstić information content (AvgIpc) is 2.58. The summed E-state index contributed by atoms with van der Waals surface area (Å²) < 4.78 is 4.96. The number of urea groups is 1. The van der Waals surface area contributed by atoms with Gasteiger partial charge >= 0.3 is 6.03 Å². The van der Waals surface area contributed by atoms with Crippen LogP contribution in [-0.2, 0) is 4.79 Å². The third kappa shape index (κ3) is 0.952. The quantitative estimate of drug-likeness (QED) is 0.584. The molecule has 5 nitrogen and oxygen atoms in total. The lowest BCUT2D eigenvalue weighted by Gasteiger charge is -2.00. The Morgan fingerprint density at radius 2 is 2.25 bits per heavy atom. The fourth-order valence-corrected chi connectivity index (χ4v) is 1.07. The number of amides is 3. The van der Waals surface area contributed by atoms with Crippen LogP contribution >= 0.6 is 0 Å². The van der Waals surface area contributed by atoms with Crippen LogP contribution in [0.15, 0.2) is 22.8 Å². The Hall–Kier alpha value is -1.78. The molecule has 62 valence electrons. The van der Waals surface area contributed by atoms with E-state index in [1.165, 1.54) is 6.26 Å². The van der Waals surface area contributed by atoms with Crippen molar-refractivity contribution in [2.45, 2.75) is 6.04 Å².